The smallest absolute Gasteiger partial charge is 0.303 e. The minimum Gasteiger partial charge on any atom is -0.481 e. The van der Waals surface area contributed by atoms with Gasteiger partial charge in [-0.2, -0.15) is 0 Å². The molecule has 4 nitrogen and oxygen atoms in total. The second-order valence-corrected chi connectivity index (χ2v) is 9.67. The lowest BCUT2D eigenvalue weighted by molar-refractivity contribution is -0.137. The first kappa shape index (κ1) is 23.7. The number of hydrogen-bond donors (Lipinski definition) is 1. The zero-order chi connectivity index (χ0) is 22.9. The van der Waals surface area contributed by atoms with E-state index in [1.165, 1.54) is 11.1 Å². The van der Waals surface area contributed by atoms with Crippen LogP contribution in [0.15, 0.2) is 72.8 Å². The van der Waals surface area contributed by atoms with Crippen LogP contribution in [0.3, 0.4) is 0 Å². The topological polar surface area (TPSA) is 55.8 Å². The quantitative estimate of drug-likeness (QED) is 0.299. The molecule has 1 aliphatic heterocycles. The van der Waals surface area contributed by atoms with Crippen molar-refractivity contribution >= 4 is 5.97 Å². The fourth-order valence-electron chi connectivity index (χ4n) is 5.70. The van der Waals surface area contributed by atoms with Gasteiger partial charge in [-0.3, -0.25) is 4.79 Å². The van der Waals surface area contributed by atoms with Crippen LogP contribution in [0.2, 0.25) is 0 Å². The molecule has 2 fully saturated rings. The van der Waals surface area contributed by atoms with Gasteiger partial charge in [0, 0.05) is 17.8 Å². The molecule has 0 spiro atoms. The molecule has 0 unspecified atom stereocenters. The highest BCUT2D eigenvalue weighted by Gasteiger charge is 2.57. The van der Waals surface area contributed by atoms with Gasteiger partial charge in [0.05, 0.1) is 25.9 Å². The molecule has 4 rings (SSSR count). The Morgan fingerprint density at radius 3 is 2.52 bits per heavy atom. The molecule has 0 amide bonds. The van der Waals surface area contributed by atoms with Gasteiger partial charge in [-0.15, -0.1) is 0 Å². The van der Waals surface area contributed by atoms with Gasteiger partial charge in [0.15, 0.2) is 0 Å². The zero-order valence-electron chi connectivity index (χ0n) is 19.4. The van der Waals surface area contributed by atoms with Crippen molar-refractivity contribution in [1.29, 1.82) is 0 Å². The molecule has 1 aliphatic carbocycles. The number of carboxylic acid groups (broad SMARTS) is 1. The Hall–Kier alpha value is -2.43. The molecule has 2 bridgehead atoms. The predicted octanol–water partition coefficient (Wildman–Crippen LogP) is 6.06. The fraction of sp³-hybridized carbons (Fsp3) is 0.483. The summed E-state index contributed by atoms with van der Waals surface area (Å²) in [4.78, 5) is 10.8. The number of hydrogen-bond acceptors (Lipinski definition) is 3. The molecule has 4 heteroatoms. The Morgan fingerprint density at radius 1 is 1.06 bits per heavy atom. The molecule has 1 saturated carbocycles. The number of unbranched alkanes of at least 4 members (excludes halogenated alkanes) is 1. The van der Waals surface area contributed by atoms with E-state index in [0.717, 1.165) is 45.3 Å². The SMILES string of the molecule is O=C(O)CCC/C=C\C[C@@H]1[C@@H](COCc2ccccc2)[C@H]2C[C@]1(CCc1ccccc1)CO2. The number of aryl methyl sites for hydroxylation is 1. The van der Waals surface area contributed by atoms with Crippen molar-refractivity contribution in [3.05, 3.63) is 83.9 Å². The third kappa shape index (κ3) is 6.33. The molecule has 176 valence electrons. The van der Waals surface area contributed by atoms with E-state index in [2.05, 4.69) is 66.7 Å². The van der Waals surface area contributed by atoms with Crippen LogP contribution in [0.5, 0.6) is 0 Å². The second-order valence-electron chi connectivity index (χ2n) is 9.67. The van der Waals surface area contributed by atoms with Crippen molar-refractivity contribution < 1.29 is 19.4 Å². The summed E-state index contributed by atoms with van der Waals surface area (Å²) in [5.41, 5.74) is 2.80. The molecule has 4 atom stereocenters. The lowest BCUT2D eigenvalue weighted by atomic mass is 9.70. The van der Waals surface area contributed by atoms with Crippen LogP contribution in [0, 0.1) is 17.3 Å². The Kier molecular flexibility index (Phi) is 8.35. The van der Waals surface area contributed by atoms with Gasteiger partial charge in [-0.25, -0.2) is 0 Å². The van der Waals surface area contributed by atoms with Gasteiger partial charge in [-0.05, 0) is 55.6 Å². The highest BCUT2D eigenvalue weighted by molar-refractivity contribution is 5.66. The lowest BCUT2D eigenvalue weighted by Gasteiger charge is -2.39. The van der Waals surface area contributed by atoms with Gasteiger partial charge in [0.25, 0.3) is 0 Å². The minimum absolute atomic E-state index is 0.201. The Balaban J connectivity index is 1.39. The van der Waals surface area contributed by atoms with Crippen LogP contribution in [0.4, 0.5) is 0 Å². The average molecular weight is 449 g/mol. The van der Waals surface area contributed by atoms with E-state index in [-0.39, 0.29) is 17.9 Å². The lowest BCUT2D eigenvalue weighted by Crippen LogP contribution is -2.38. The highest BCUT2D eigenvalue weighted by Crippen LogP contribution is 2.57. The van der Waals surface area contributed by atoms with Gasteiger partial charge < -0.3 is 14.6 Å². The van der Waals surface area contributed by atoms with E-state index in [4.69, 9.17) is 14.6 Å². The molecule has 2 aliphatic rings. The molecule has 1 N–H and O–H groups in total. The van der Waals surface area contributed by atoms with Crippen LogP contribution < -0.4 is 0 Å². The minimum atomic E-state index is -0.718. The zero-order valence-corrected chi connectivity index (χ0v) is 19.4. The Morgan fingerprint density at radius 2 is 1.79 bits per heavy atom. The largest absolute Gasteiger partial charge is 0.481 e. The summed E-state index contributed by atoms with van der Waals surface area (Å²) in [5, 5.41) is 8.85. The van der Waals surface area contributed by atoms with Gasteiger partial charge >= 0.3 is 5.97 Å². The van der Waals surface area contributed by atoms with E-state index >= 15 is 0 Å². The number of allylic oxidation sites excluding steroid dienone is 2. The maximum absolute atomic E-state index is 10.8. The van der Waals surface area contributed by atoms with E-state index in [1.54, 1.807) is 0 Å². The van der Waals surface area contributed by atoms with Crippen LogP contribution in [0.25, 0.3) is 0 Å². The van der Waals surface area contributed by atoms with Crippen LogP contribution in [-0.2, 0) is 27.3 Å². The molecule has 0 aromatic heterocycles. The molecule has 0 radical (unpaired) electrons. The molecule has 2 aromatic carbocycles. The number of ether oxygens (including phenoxy) is 2. The van der Waals surface area contributed by atoms with Crippen molar-refractivity contribution in [2.24, 2.45) is 17.3 Å². The van der Waals surface area contributed by atoms with E-state index in [1.807, 2.05) is 6.07 Å². The Bertz CT molecular complexity index is 894. The summed E-state index contributed by atoms with van der Waals surface area (Å²) >= 11 is 0. The number of benzene rings is 2. The molecule has 33 heavy (non-hydrogen) atoms. The highest BCUT2D eigenvalue weighted by atomic mass is 16.5. The molecular formula is C29H36O4. The maximum atomic E-state index is 10.8. The summed E-state index contributed by atoms with van der Waals surface area (Å²) in [6.07, 6.45) is 10.8. The number of carboxylic acids is 1. The van der Waals surface area contributed by atoms with Crippen molar-refractivity contribution in [2.45, 2.75) is 57.7 Å². The number of carbonyl (C=O) groups is 1. The Labute approximate surface area is 197 Å². The van der Waals surface area contributed by atoms with Crippen molar-refractivity contribution in [3.63, 3.8) is 0 Å². The van der Waals surface area contributed by atoms with Crippen molar-refractivity contribution in [1.82, 2.24) is 0 Å². The van der Waals surface area contributed by atoms with Crippen molar-refractivity contribution in [2.75, 3.05) is 13.2 Å². The first-order valence-corrected chi connectivity index (χ1v) is 12.3. The van der Waals surface area contributed by atoms with Gasteiger partial charge in [0.2, 0.25) is 0 Å². The van der Waals surface area contributed by atoms with E-state index in [0.29, 0.717) is 24.9 Å². The molecule has 2 aromatic rings. The van der Waals surface area contributed by atoms with Crippen molar-refractivity contribution in [3.8, 4) is 0 Å². The third-order valence-electron chi connectivity index (χ3n) is 7.47. The predicted molar refractivity (Wildman–Crippen MR) is 130 cm³/mol. The first-order valence-electron chi connectivity index (χ1n) is 12.3. The summed E-state index contributed by atoms with van der Waals surface area (Å²) in [5.74, 6) is 0.220. The van der Waals surface area contributed by atoms with Crippen LogP contribution in [-0.4, -0.2) is 30.4 Å². The summed E-state index contributed by atoms with van der Waals surface area (Å²) in [7, 11) is 0. The number of rotatable bonds is 13. The van der Waals surface area contributed by atoms with Gasteiger partial charge in [0.1, 0.15) is 0 Å². The van der Waals surface area contributed by atoms with Crippen LogP contribution in [0.1, 0.15) is 49.7 Å². The van der Waals surface area contributed by atoms with E-state index < -0.39 is 5.97 Å². The third-order valence-corrected chi connectivity index (χ3v) is 7.47. The van der Waals surface area contributed by atoms with Gasteiger partial charge in [-0.1, -0.05) is 72.8 Å². The fourth-order valence-corrected chi connectivity index (χ4v) is 5.70. The van der Waals surface area contributed by atoms with E-state index in [9.17, 15) is 4.79 Å². The summed E-state index contributed by atoms with van der Waals surface area (Å²) in [6.45, 7) is 2.21. The second kappa shape index (κ2) is 11.6. The summed E-state index contributed by atoms with van der Waals surface area (Å²) in [6, 6.07) is 21.1. The molecular weight excluding hydrogens is 412 g/mol. The number of aliphatic carboxylic acids is 1. The standard InChI is InChI=1S/C29H36O4/c30-28(31)16-10-2-1-9-15-26-25(21-32-20-24-13-7-4-8-14-24)27-19-29(26,22-33-27)18-17-23-11-5-3-6-12-23/h1,3-9,11-14,25-27H,2,10,15-22H2,(H,30,31)/b9-1-/t25-,26-,27-,29-/m1/s1. The number of fused-ring (bicyclic) bond motifs is 2. The average Bonchev–Trinajstić information content (AvgIpc) is 3.38. The first-order chi connectivity index (χ1) is 16.2. The van der Waals surface area contributed by atoms with Crippen LogP contribution >= 0.6 is 0 Å². The monoisotopic (exact) mass is 448 g/mol. The molecule has 1 heterocycles. The molecule has 1 saturated heterocycles. The normalized spacial score (nSPS) is 26.2. The summed E-state index contributed by atoms with van der Waals surface area (Å²) < 4.78 is 12.5. The maximum Gasteiger partial charge on any atom is 0.303 e.